The number of nitrogens with two attached hydrogens (primary N) is 1. The number of nitrogens with zero attached hydrogens (tertiary/aromatic N) is 1. The molecule has 1 aliphatic rings. The zero-order chi connectivity index (χ0) is 5.82. The minimum atomic E-state index is 0.749. The molecule has 3 heteroatoms. The molecule has 0 atom stereocenters. The van der Waals surface area contributed by atoms with Crippen molar-refractivity contribution in [1.29, 1.82) is 0 Å². The summed E-state index contributed by atoms with van der Waals surface area (Å²) in [7, 11) is 0. The predicted molar refractivity (Wildman–Crippen MR) is 38.2 cm³/mol. The molecule has 2 nitrogen and oxygen atoms in total. The van der Waals surface area contributed by atoms with Gasteiger partial charge in [-0.1, -0.05) is 0 Å². The van der Waals surface area contributed by atoms with Gasteiger partial charge in [-0.3, -0.25) is 0 Å². The Balaban J connectivity index is 2.23. The minimum absolute atomic E-state index is 0.749. The average Bonchev–Trinajstić information content (AvgIpc) is 2.19. The summed E-state index contributed by atoms with van der Waals surface area (Å²) in [5.41, 5.74) is 6.61. The van der Waals surface area contributed by atoms with E-state index in [0.29, 0.717) is 0 Å². The van der Waals surface area contributed by atoms with Gasteiger partial charge in [0.15, 0.2) is 0 Å². The first-order valence-corrected chi connectivity index (χ1v) is 3.75. The monoisotopic (exact) mass is 130 g/mol. The predicted octanol–water partition coefficient (Wildman–Crippen LogP) is 0.828. The highest BCUT2D eigenvalue weighted by Crippen LogP contribution is 2.15. The van der Waals surface area contributed by atoms with Crippen LogP contribution in [0.2, 0.25) is 0 Å². The van der Waals surface area contributed by atoms with Crippen LogP contribution in [0.3, 0.4) is 0 Å². The van der Waals surface area contributed by atoms with Gasteiger partial charge in [-0.2, -0.15) is 0 Å². The van der Waals surface area contributed by atoms with Gasteiger partial charge in [0.2, 0.25) is 0 Å². The molecule has 0 amide bonds. The minimum Gasteiger partial charge on any atom is -0.330 e. The Bertz CT molecular complexity index is 101. The van der Waals surface area contributed by atoms with Gasteiger partial charge in [0, 0.05) is 11.5 Å². The molecule has 0 fully saturated rings. The van der Waals surface area contributed by atoms with Crippen LogP contribution in [-0.2, 0) is 0 Å². The lowest BCUT2D eigenvalue weighted by molar-refractivity contribution is 1.02. The molecule has 0 saturated carbocycles. The molecule has 46 valence electrons. The summed E-state index contributed by atoms with van der Waals surface area (Å²) in [6, 6.07) is 0. The molecule has 8 heavy (non-hydrogen) atoms. The van der Waals surface area contributed by atoms with Gasteiger partial charge in [0.05, 0.1) is 0 Å². The third kappa shape index (κ3) is 1.49. The van der Waals surface area contributed by atoms with E-state index < -0.39 is 0 Å². The second-order valence-electron chi connectivity index (χ2n) is 1.78. The highest BCUT2D eigenvalue weighted by Gasteiger charge is 2.04. The fourth-order valence-electron chi connectivity index (χ4n) is 0.683. The van der Waals surface area contributed by atoms with Crippen LogP contribution in [0.25, 0.3) is 0 Å². The van der Waals surface area contributed by atoms with Crippen LogP contribution in [-0.4, -0.2) is 18.0 Å². The first-order chi connectivity index (χ1) is 3.93. The molecular formula is C5H10N2S. The Kier molecular flexibility index (Phi) is 2.36. The molecule has 0 spiro atoms. The molecule has 0 unspecified atom stereocenters. The third-order valence-electron chi connectivity index (χ3n) is 1.11. The molecule has 0 aliphatic carbocycles. The lowest BCUT2D eigenvalue weighted by Crippen LogP contribution is -2.05. The van der Waals surface area contributed by atoms with E-state index in [1.165, 1.54) is 5.71 Å². The van der Waals surface area contributed by atoms with Crippen molar-refractivity contribution in [2.24, 2.45) is 10.1 Å². The first kappa shape index (κ1) is 6.11. The molecule has 0 aromatic rings. The number of hydrogen-bond donors (Lipinski definition) is 1. The van der Waals surface area contributed by atoms with Crippen LogP contribution in [0.15, 0.2) is 4.40 Å². The molecule has 0 aromatic carbocycles. The Hall–Kier alpha value is -0.0200. The van der Waals surface area contributed by atoms with E-state index >= 15 is 0 Å². The quantitative estimate of drug-likeness (QED) is 0.562. The van der Waals surface area contributed by atoms with Crippen molar-refractivity contribution in [3.05, 3.63) is 0 Å². The van der Waals surface area contributed by atoms with Crippen molar-refractivity contribution < 1.29 is 0 Å². The molecule has 1 rings (SSSR count). The van der Waals surface area contributed by atoms with Gasteiger partial charge in [-0.15, -0.1) is 0 Å². The molecule has 0 radical (unpaired) electrons. The lowest BCUT2D eigenvalue weighted by atomic mass is 10.2. The van der Waals surface area contributed by atoms with Gasteiger partial charge in [-0.05, 0) is 31.3 Å². The summed E-state index contributed by atoms with van der Waals surface area (Å²) in [6.07, 6.45) is 2.15. The lowest BCUT2D eigenvalue weighted by Gasteiger charge is -1.90. The van der Waals surface area contributed by atoms with E-state index in [9.17, 15) is 0 Å². The molecule has 1 heterocycles. The van der Waals surface area contributed by atoms with Crippen LogP contribution in [0.4, 0.5) is 0 Å². The normalized spacial score (nSPS) is 18.9. The molecular weight excluding hydrogens is 120 g/mol. The van der Waals surface area contributed by atoms with E-state index in [0.717, 1.165) is 25.1 Å². The van der Waals surface area contributed by atoms with Crippen LogP contribution in [0, 0.1) is 0 Å². The largest absolute Gasteiger partial charge is 0.330 e. The van der Waals surface area contributed by atoms with Crippen LogP contribution >= 0.6 is 11.9 Å². The van der Waals surface area contributed by atoms with E-state index in [1.54, 1.807) is 11.9 Å². The van der Waals surface area contributed by atoms with Crippen molar-refractivity contribution >= 4 is 17.7 Å². The average molecular weight is 130 g/mol. The Morgan fingerprint density at radius 2 is 2.62 bits per heavy atom. The zero-order valence-electron chi connectivity index (χ0n) is 4.76. The Morgan fingerprint density at radius 1 is 1.75 bits per heavy atom. The molecule has 1 aliphatic heterocycles. The second-order valence-corrected chi connectivity index (χ2v) is 2.63. The maximum atomic E-state index is 5.32. The van der Waals surface area contributed by atoms with Gasteiger partial charge in [0.1, 0.15) is 0 Å². The Morgan fingerprint density at radius 3 is 3.12 bits per heavy atom. The van der Waals surface area contributed by atoms with Crippen LogP contribution in [0.5, 0.6) is 0 Å². The van der Waals surface area contributed by atoms with Crippen molar-refractivity contribution in [3.63, 3.8) is 0 Å². The summed E-state index contributed by atoms with van der Waals surface area (Å²) in [5, 5.41) is 0. The summed E-state index contributed by atoms with van der Waals surface area (Å²) in [4.78, 5) is 0. The second kappa shape index (κ2) is 3.10. The topological polar surface area (TPSA) is 38.4 Å². The summed E-state index contributed by atoms with van der Waals surface area (Å²) in [6.45, 7) is 0.749. The van der Waals surface area contributed by atoms with E-state index in [4.69, 9.17) is 5.73 Å². The molecule has 0 saturated heterocycles. The third-order valence-corrected chi connectivity index (χ3v) is 1.88. The van der Waals surface area contributed by atoms with E-state index in [-0.39, 0.29) is 0 Å². The van der Waals surface area contributed by atoms with Gasteiger partial charge >= 0.3 is 0 Å². The molecule has 0 aromatic heterocycles. The molecule has 0 bridgehead atoms. The summed E-state index contributed by atoms with van der Waals surface area (Å²) < 4.78 is 4.18. The number of hydrogen-bond acceptors (Lipinski definition) is 3. The van der Waals surface area contributed by atoms with E-state index in [2.05, 4.69) is 4.40 Å². The summed E-state index contributed by atoms with van der Waals surface area (Å²) >= 11 is 1.65. The van der Waals surface area contributed by atoms with Crippen molar-refractivity contribution in [2.45, 2.75) is 12.8 Å². The molecule has 2 N–H and O–H groups in total. The van der Waals surface area contributed by atoms with Crippen molar-refractivity contribution in [3.8, 4) is 0 Å². The van der Waals surface area contributed by atoms with Gasteiger partial charge < -0.3 is 5.73 Å². The van der Waals surface area contributed by atoms with Crippen molar-refractivity contribution in [1.82, 2.24) is 0 Å². The fourth-order valence-corrected chi connectivity index (χ4v) is 1.47. The van der Waals surface area contributed by atoms with Gasteiger partial charge in [-0.25, -0.2) is 4.40 Å². The highest BCUT2D eigenvalue weighted by molar-refractivity contribution is 7.98. The van der Waals surface area contributed by atoms with E-state index in [1.807, 2.05) is 0 Å². The maximum absolute atomic E-state index is 5.32. The van der Waals surface area contributed by atoms with Crippen LogP contribution < -0.4 is 5.73 Å². The smallest absolute Gasteiger partial charge is 0.0283 e. The van der Waals surface area contributed by atoms with Crippen LogP contribution in [0.1, 0.15) is 12.8 Å². The van der Waals surface area contributed by atoms with Gasteiger partial charge in [0.25, 0.3) is 0 Å². The Labute approximate surface area is 53.7 Å². The maximum Gasteiger partial charge on any atom is 0.0283 e. The fraction of sp³-hybridized carbons (Fsp3) is 0.800. The standard InChI is InChI=1S/C5H10N2S/c6-3-1-5-2-4-8-7-5/h1-4,6H2. The SMILES string of the molecule is NCCC1=NSCC1. The number of rotatable bonds is 2. The first-order valence-electron chi connectivity index (χ1n) is 2.81. The summed E-state index contributed by atoms with van der Waals surface area (Å²) in [5.74, 6) is 1.16. The van der Waals surface area contributed by atoms with Crippen molar-refractivity contribution in [2.75, 3.05) is 12.3 Å². The highest BCUT2D eigenvalue weighted by atomic mass is 32.2. The zero-order valence-corrected chi connectivity index (χ0v) is 5.58.